The van der Waals surface area contributed by atoms with E-state index in [0.717, 1.165) is 5.56 Å². The van der Waals surface area contributed by atoms with Crippen LogP contribution in [0.15, 0.2) is 59.0 Å². The van der Waals surface area contributed by atoms with E-state index in [1.807, 2.05) is 18.2 Å². The Balaban J connectivity index is 1.52. The predicted octanol–water partition coefficient (Wildman–Crippen LogP) is 4.12. The van der Waals surface area contributed by atoms with E-state index in [1.54, 1.807) is 36.4 Å². The van der Waals surface area contributed by atoms with Gasteiger partial charge in [0.2, 0.25) is 0 Å². The van der Waals surface area contributed by atoms with Crippen molar-refractivity contribution in [3.8, 4) is 22.8 Å². The summed E-state index contributed by atoms with van der Waals surface area (Å²) in [7, 11) is 1.50. The molecule has 28 heavy (non-hydrogen) atoms. The van der Waals surface area contributed by atoms with E-state index in [0.29, 0.717) is 39.9 Å². The van der Waals surface area contributed by atoms with Crippen molar-refractivity contribution in [2.75, 3.05) is 13.7 Å². The van der Waals surface area contributed by atoms with Crippen LogP contribution in [0.3, 0.4) is 0 Å². The third-order valence-electron chi connectivity index (χ3n) is 3.95. The summed E-state index contributed by atoms with van der Waals surface area (Å²) in [5.41, 5.74) is 1.21. The Hall–Kier alpha value is -3.25. The minimum atomic E-state index is -0.336. The molecule has 144 valence electrons. The molecule has 0 radical (unpaired) electrons. The fourth-order valence-corrected chi connectivity index (χ4v) is 2.63. The number of aldehydes is 1. The SMILES string of the molecule is COc1ccc(OCC(=O)NCc2ccc(-c3ccc(Cl)cc3)o2)c(C=O)c1. The first-order valence-corrected chi connectivity index (χ1v) is 8.84. The molecule has 1 N–H and O–H groups in total. The van der Waals surface area contributed by atoms with E-state index >= 15 is 0 Å². The summed E-state index contributed by atoms with van der Waals surface area (Å²) in [6, 6.07) is 15.7. The smallest absolute Gasteiger partial charge is 0.258 e. The molecule has 3 rings (SSSR count). The van der Waals surface area contributed by atoms with Crippen LogP contribution in [0.1, 0.15) is 16.1 Å². The summed E-state index contributed by atoms with van der Waals surface area (Å²) in [5, 5.41) is 3.36. The largest absolute Gasteiger partial charge is 0.497 e. The van der Waals surface area contributed by atoms with E-state index in [1.165, 1.54) is 7.11 Å². The van der Waals surface area contributed by atoms with E-state index in [4.69, 9.17) is 25.5 Å². The molecular formula is C21H18ClNO5. The fourth-order valence-electron chi connectivity index (χ4n) is 2.50. The van der Waals surface area contributed by atoms with Crippen LogP contribution < -0.4 is 14.8 Å². The first kappa shape index (κ1) is 19.5. The van der Waals surface area contributed by atoms with Gasteiger partial charge in [0.05, 0.1) is 19.2 Å². The van der Waals surface area contributed by atoms with Gasteiger partial charge in [-0.25, -0.2) is 0 Å². The Bertz CT molecular complexity index is 965. The number of halogens is 1. The molecule has 6 nitrogen and oxygen atoms in total. The summed E-state index contributed by atoms with van der Waals surface area (Å²) < 4.78 is 16.2. The van der Waals surface area contributed by atoms with Gasteiger partial charge in [-0.3, -0.25) is 9.59 Å². The first-order valence-electron chi connectivity index (χ1n) is 8.46. The number of hydrogen-bond donors (Lipinski definition) is 1. The van der Waals surface area contributed by atoms with Crippen molar-refractivity contribution in [2.24, 2.45) is 0 Å². The molecule has 0 saturated carbocycles. The number of furan rings is 1. The molecule has 0 unspecified atom stereocenters. The fraction of sp³-hybridized carbons (Fsp3) is 0.143. The molecule has 3 aromatic rings. The number of carbonyl (C=O) groups excluding carboxylic acids is 2. The van der Waals surface area contributed by atoms with E-state index in [2.05, 4.69) is 5.32 Å². The third-order valence-corrected chi connectivity index (χ3v) is 4.20. The molecule has 2 aromatic carbocycles. The molecule has 0 atom stereocenters. The van der Waals surface area contributed by atoms with Gasteiger partial charge >= 0.3 is 0 Å². The highest BCUT2D eigenvalue weighted by Gasteiger charge is 2.10. The van der Waals surface area contributed by atoms with Crippen LogP contribution in [0.25, 0.3) is 11.3 Å². The second kappa shape index (κ2) is 9.10. The maximum absolute atomic E-state index is 12.0. The Kier molecular flexibility index (Phi) is 6.34. The average molecular weight is 400 g/mol. The highest BCUT2D eigenvalue weighted by molar-refractivity contribution is 6.30. The summed E-state index contributed by atoms with van der Waals surface area (Å²) in [5.74, 6) is 1.81. The highest BCUT2D eigenvalue weighted by atomic mass is 35.5. The lowest BCUT2D eigenvalue weighted by Crippen LogP contribution is -2.28. The summed E-state index contributed by atoms with van der Waals surface area (Å²) >= 11 is 5.88. The van der Waals surface area contributed by atoms with Crippen molar-refractivity contribution in [1.82, 2.24) is 5.32 Å². The van der Waals surface area contributed by atoms with E-state index < -0.39 is 0 Å². The molecule has 0 saturated heterocycles. The van der Waals surface area contributed by atoms with Crippen LogP contribution >= 0.6 is 11.6 Å². The lowest BCUT2D eigenvalue weighted by atomic mass is 10.2. The van der Waals surface area contributed by atoms with E-state index in [9.17, 15) is 9.59 Å². The van der Waals surface area contributed by atoms with Crippen LogP contribution in [-0.4, -0.2) is 25.9 Å². The maximum Gasteiger partial charge on any atom is 0.258 e. The molecule has 0 aliphatic heterocycles. The second-order valence-electron chi connectivity index (χ2n) is 5.86. The number of rotatable bonds is 8. The zero-order valence-corrected chi connectivity index (χ0v) is 15.9. The average Bonchev–Trinajstić information content (AvgIpc) is 3.20. The van der Waals surface area contributed by atoms with Gasteiger partial charge in [-0.15, -0.1) is 0 Å². The number of amides is 1. The van der Waals surface area contributed by atoms with Crippen LogP contribution in [0, 0.1) is 0 Å². The lowest BCUT2D eigenvalue weighted by molar-refractivity contribution is -0.123. The number of hydrogen-bond acceptors (Lipinski definition) is 5. The van der Waals surface area contributed by atoms with Gasteiger partial charge in [0, 0.05) is 10.6 Å². The minimum absolute atomic E-state index is 0.221. The molecule has 0 spiro atoms. The molecule has 7 heteroatoms. The molecule has 0 aliphatic carbocycles. The Morgan fingerprint density at radius 1 is 1.14 bits per heavy atom. The predicted molar refractivity (Wildman–Crippen MR) is 105 cm³/mol. The van der Waals surface area contributed by atoms with Gasteiger partial charge in [0.15, 0.2) is 12.9 Å². The molecule has 0 aliphatic rings. The van der Waals surface area contributed by atoms with Crippen molar-refractivity contribution >= 4 is 23.8 Å². The molecule has 1 amide bonds. The molecule has 1 aromatic heterocycles. The Morgan fingerprint density at radius 3 is 2.64 bits per heavy atom. The Labute approximate surface area is 167 Å². The number of methoxy groups -OCH3 is 1. The van der Waals surface area contributed by atoms with Crippen LogP contribution in [-0.2, 0) is 11.3 Å². The number of carbonyl (C=O) groups is 2. The van der Waals surface area contributed by atoms with E-state index in [-0.39, 0.29) is 19.1 Å². The number of nitrogens with one attached hydrogen (secondary N) is 1. The van der Waals surface area contributed by atoms with Crippen molar-refractivity contribution in [1.29, 1.82) is 0 Å². The molecule has 0 fully saturated rings. The van der Waals surface area contributed by atoms with Crippen molar-refractivity contribution in [3.05, 3.63) is 70.9 Å². The second-order valence-corrected chi connectivity index (χ2v) is 6.30. The van der Waals surface area contributed by atoms with Gasteiger partial charge in [0.25, 0.3) is 5.91 Å². The van der Waals surface area contributed by atoms with Crippen molar-refractivity contribution in [2.45, 2.75) is 6.54 Å². The monoisotopic (exact) mass is 399 g/mol. The zero-order chi connectivity index (χ0) is 19.9. The van der Waals surface area contributed by atoms with Gasteiger partial charge in [0.1, 0.15) is 23.0 Å². The number of ether oxygens (including phenoxy) is 2. The summed E-state index contributed by atoms with van der Waals surface area (Å²) in [6.07, 6.45) is 0.650. The van der Waals surface area contributed by atoms with Gasteiger partial charge < -0.3 is 19.2 Å². The molecule has 1 heterocycles. The topological polar surface area (TPSA) is 77.8 Å². The van der Waals surface area contributed by atoms with Gasteiger partial charge in [-0.05, 0) is 54.6 Å². The normalized spacial score (nSPS) is 10.4. The highest BCUT2D eigenvalue weighted by Crippen LogP contribution is 2.24. The van der Waals surface area contributed by atoms with Crippen LogP contribution in [0.4, 0.5) is 0 Å². The molecule has 0 bridgehead atoms. The van der Waals surface area contributed by atoms with Crippen LogP contribution in [0.2, 0.25) is 5.02 Å². The quantitative estimate of drug-likeness (QED) is 0.576. The molecular weight excluding hydrogens is 382 g/mol. The summed E-state index contributed by atoms with van der Waals surface area (Å²) in [4.78, 5) is 23.2. The van der Waals surface area contributed by atoms with Crippen LogP contribution in [0.5, 0.6) is 11.5 Å². The number of benzene rings is 2. The van der Waals surface area contributed by atoms with Gasteiger partial charge in [-0.1, -0.05) is 11.6 Å². The van der Waals surface area contributed by atoms with Crippen molar-refractivity contribution in [3.63, 3.8) is 0 Å². The minimum Gasteiger partial charge on any atom is -0.497 e. The summed E-state index contributed by atoms with van der Waals surface area (Å²) in [6.45, 7) is -0.00312. The lowest BCUT2D eigenvalue weighted by Gasteiger charge is -2.09. The van der Waals surface area contributed by atoms with Crippen molar-refractivity contribution < 1.29 is 23.5 Å². The standard InChI is InChI=1S/C21H18ClNO5/c1-26-17-6-8-19(15(10-17)12-24)27-13-21(25)23-11-18-7-9-20(28-18)14-2-4-16(22)5-3-14/h2-10,12H,11,13H2,1H3,(H,23,25). The third kappa shape index (κ3) is 4.92. The maximum atomic E-state index is 12.0. The first-order chi connectivity index (χ1) is 13.6. The Morgan fingerprint density at radius 2 is 1.93 bits per heavy atom. The van der Waals surface area contributed by atoms with Gasteiger partial charge in [-0.2, -0.15) is 0 Å². The zero-order valence-electron chi connectivity index (χ0n) is 15.1.